The fourth-order valence-corrected chi connectivity index (χ4v) is 6.49. The fraction of sp³-hybridized carbons (Fsp3) is 0.323. The lowest BCUT2D eigenvalue weighted by Crippen LogP contribution is -2.57. The molecule has 210 valence electrons. The SMILES string of the molecule is [B]c1ccc(OCC(C)(C)C(=O)N(C)C)c([C@H]2NC(=O)C[C@@H](c3cccc(Cl)c3)[C@]23C(=O)Nc2cc(Cl)ccc23)c1. The van der Waals surface area contributed by atoms with Gasteiger partial charge >= 0.3 is 0 Å². The van der Waals surface area contributed by atoms with Crippen LogP contribution in [0.15, 0.2) is 60.7 Å². The van der Waals surface area contributed by atoms with Crippen molar-refractivity contribution >= 4 is 59.9 Å². The van der Waals surface area contributed by atoms with Gasteiger partial charge < -0.3 is 20.3 Å². The van der Waals surface area contributed by atoms with E-state index in [-0.39, 0.29) is 30.7 Å². The van der Waals surface area contributed by atoms with Crippen molar-refractivity contribution in [1.82, 2.24) is 10.2 Å². The van der Waals surface area contributed by atoms with Crippen molar-refractivity contribution in [3.63, 3.8) is 0 Å². The molecule has 2 aliphatic heterocycles. The molecule has 0 aromatic heterocycles. The molecular formula is C31H30BCl2N3O4. The standard InChI is InChI=1S/C31H30BCl2N3O4/c1-30(2,29(40)37(3)4)16-41-25-11-8-18(32)13-21(25)27-31(22-10-9-20(34)14-24(22)35-28(31)39)23(15-26(38)36-27)17-6-5-7-19(33)12-17/h5-14,23,27H,15-16H2,1-4H3,(H,35,39)(H,36,38)/t23-,27+,31-/m0/s1. The highest BCUT2D eigenvalue weighted by molar-refractivity contribution is 6.32. The van der Waals surface area contributed by atoms with Crippen molar-refractivity contribution in [1.29, 1.82) is 0 Å². The normalized spacial score (nSPS) is 21.7. The van der Waals surface area contributed by atoms with Gasteiger partial charge in [0.05, 0.1) is 11.5 Å². The minimum absolute atomic E-state index is 0.0508. The predicted molar refractivity (Wildman–Crippen MR) is 161 cm³/mol. The minimum Gasteiger partial charge on any atom is -0.492 e. The van der Waals surface area contributed by atoms with E-state index >= 15 is 0 Å². The number of hydrogen-bond donors (Lipinski definition) is 2. The van der Waals surface area contributed by atoms with Crippen LogP contribution in [-0.2, 0) is 19.8 Å². The summed E-state index contributed by atoms with van der Waals surface area (Å²) >= 11 is 12.7. The number of anilines is 1. The molecule has 7 nitrogen and oxygen atoms in total. The predicted octanol–water partition coefficient (Wildman–Crippen LogP) is 4.52. The van der Waals surface area contributed by atoms with Crippen molar-refractivity contribution in [2.75, 3.05) is 26.0 Å². The van der Waals surface area contributed by atoms with E-state index in [9.17, 15) is 14.4 Å². The van der Waals surface area contributed by atoms with E-state index < -0.39 is 22.8 Å². The molecule has 1 fully saturated rings. The minimum atomic E-state index is -1.29. The quantitative estimate of drug-likeness (QED) is 0.414. The molecule has 0 saturated carbocycles. The second-order valence-corrected chi connectivity index (χ2v) is 12.4. The van der Waals surface area contributed by atoms with Crippen LogP contribution in [0.4, 0.5) is 5.69 Å². The van der Waals surface area contributed by atoms with Crippen LogP contribution in [0.1, 0.15) is 48.9 Å². The molecule has 3 atom stereocenters. The summed E-state index contributed by atoms with van der Waals surface area (Å²) < 4.78 is 6.29. The largest absolute Gasteiger partial charge is 0.492 e. The van der Waals surface area contributed by atoms with E-state index in [0.29, 0.717) is 38.1 Å². The van der Waals surface area contributed by atoms with Gasteiger partial charge in [-0.3, -0.25) is 14.4 Å². The first kappa shape index (κ1) is 29.0. The smallest absolute Gasteiger partial charge is 0.238 e. The number of nitrogens with one attached hydrogen (secondary N) is 2. The number of nitrogens with zero attached hydrogens (tertiary/aromatic N) is 1. The Labute approximate surface area is 250 Å². The van der Waals surface area contributed by atoms with Gasteiger partial charge in [0, 0.05) is 47.7 Å². The zero-order valence-electron chi connectivity index (χ0n) is 23.3. The molecule has 0 bridgehead atoms. The van der Waals surface area contributed by atoms with Gasteiger partial charge in [-0.2, -0.15) is 0 Å². The average Bonchev–Trinajstić information content (AvgIpc) is 3.19. The summed E-state index contributed by atoms with van der Waals surface area (Å²) in [6, 6.07) is 16.7. The lowest BCUT2D eigenvalue weighted by atomic mass is 9.59. The first-order chi connectivity index (χ1) is 19.3. The summed E-state index contributed by atoms with van der Waals surface area (Å²) in [7, 11) is 9.66. The molecular weight excluding hydrogens is 560 g/mol. The van der Waals surface area contributed by atoms with Gasteiger partial charge in [-0.25, -0.2) is 0 Å². The third-order valence-electron chi connectivity index (χ3n) is 7.92. The number of piperidine rings is 1. The van der Waals surface area contributed by atoms with Crippen LogP contribution in [0, 0.1) is 5.41 Å². The highest BCUT2D eigenvalue weighted by Gasteiger charge is 2.61. The third-order valence-corrected chi connectivity index (χ3v) is 8.39. The van der Waals surface area contributed by atoms with E-state index in [1.807, 2.05) is 12.1 Å². The number of ether oxygens (including phenoxy) is 1. The lowest BCUT2D eigenvalue weighted by Gasteiger charge is -2.46. The average molecular weight is 590 g/mol. The number of hydrogen-bond acceptors (Lipinski definition) is 4. The topological polar surface area (TPSA) is 87.7 Å². The summed E-state index contributed by atoms with van der Waals surface area (Å²) in [6.07, 6.45) is 0.0508. The monoisotopic (exact) mass is 589 g/mol. The van der Waals surface area contributed by atoms with Gasteiger partial charge in [-0.05, 0) is 55.3 Å². The van der Waals surface area contributed by atoms with Crippen molar-refractivity contribution in [2.24, 2.45) is 5.41 Å². The van der Waals surface area contributed by atoms with Gasteiger partial charge in [-0.15, -0.1) is 0 Å². The highest BCUT2D eigenvalue weighted by atomic mass is 35.5. The van der Waals surface area contributed by atoms with E-state index in [1.165, 1.54) is 4.90 Å². The molecule has 1 saturated heterocycles. The maximum atomic E-state index is 14.3. The number of benzene rings is 3. The van der Waals surface area contributed by atoms with E-state index in [2.05, 4.69) is 10.6 Å². The second kappa shape index (κ2) is 10.7. The van der Waals surface area contributed by atoms with Crippen LogP contribution in [-0.4, -0.2) is 51.2 Å². The molecule has 41 heavy (non-hydrogen) atoms. The van der Waals surface area contributed by atoms with Crippen LogP contribution in [0.5, 0.6) is 5.75 Å². The third kappa shape index (κ3) is 5.08. The van der Waals surface area contributed by atoms with Gasteiger partial charge in [0.15, 0.2) is 0 Å². The van der Waals surface area contributed by atoms with Crippen LogP contribution in [0.3, 0.4) is 0 Å². The molecule has 0 aliphatic carbocycles. The molecule has 1 spiro atoms. The molecule has 3 aromatic carbocycles. The first-order valence-electron chi connectivity index (χ1n) is 13.2. The molecule has 3 aromatic rings. The molecule has 2 heterocycles. The van der Waals surface area contributed by atoms with Gasteiger partial charge in [-0.1, -0.05) is 59.0 Å². The summed E-state index contributed by atoms with van der Waals surface area (Å²) in [6.45, 7) is 3.66. The Bertz CT molecular complexity index is 1560. The Kier molecular flexibility index (Phi) is 7.60. The number of carbonyl (C=O) groups is 3. The van der Waals surface area contributed by atoms with E-state index in [0.717, 1.165) is 5.56 Å². The maximum absolute atomic E-state index is 14.3. The fourth-order valence-electron chi connectivity index (χ4n) is 6.12. The number of halogens is 2. The van der Waals surface area contributed by atoms with Crippen molar-refractivity contribution < 1.29 is 19.1 Å². The molecule has 10 heteroatoms. The van der Waals surface area contributed by atoms with Gasteiger partial charge in [0.2, 0.25) is 17.7 Å². The zero-order chi connectivity index (χ0) is 29.7. The van der Waals surface area contributed by atoms with Crippen LogP contribution in [0.2, 0.25) is 10.0 Å². The van der Waals surface area contributed by atoms with Gasteiger partial charge in [0.25, 0.3) is 0 Å². The second-order valence-electron chi connectivity index (χ2n) is 11.5. The van der Waals surface area contributed by atoms with Gasteiger partial charge in [0.1, 0.15) is 25.6 Å². The Hall–Kier alpha value is -3.49. The molecule has 2 aliphatic rings. The number of carbonyl (C=O) groups excluding carboxylic acids is 3. The molecule has 5 rings (SSSR count). The number of rotatable bonds is 6. The van der Waals surface area contributed by atoms with E-state index in [4.69, 9.17) is 35.8 Å². The maximum Gasteiger partial charge on any atom is 0.238 e. The summed E-state index contributed by atoms with van der Waals surface area (Å²) in [5.41, 5.74) is 0.834. The molecule has 2 radical (unpaired) electrons. The Morgan fingerprint density at radius 2 is 1.80 bits per heavy atom. The number of fused-ring (bicyclic) bond motifs is 2. The molecule has 2 N–H and O–H groups in total. The lowest BCUT2D eigenvalue weighted by molar-refractivity contribution is -0.139. The molecule has 3 amide bonds. The highest BCUT2D eigenvalue weighted by Crippen LogP contribution is 2.58. The first-order valence-corrected chi connectivity index (χ1v) is 14.0. The van der Waals surface area contributed by atoms with Crippen molar-refractivity contribution in [2.45, 2.75) is 37.6 Å². The summed E-state index contributed by atoms with van der Waals surface area (Å²) in [4.78, 5) is 42.0. The zero-order valence-corrected chi connectivity index (χ0v) is 24.8. The molecule has 0 unspecified atom stereocenters. The Morgan fingerprint density at radius 3 is 2.51 bits per heavy atom. The van der Waals surface area contributed by atoms with E-state index in [1.54, 1.807) is 76.5 Å². The summed E-state index contributed by atoms with van der Waals surface area (Å²) in [5, 5.41) is 7.08. The van der Waals surface area contributed by atoms with Crippen molar-refractivity contribution in [3.8, 4) is 5.75 Å². The summed E-state index contributed by atoms with van der Waals surface area (Å²) in [5.74, 6) is -0.800. The van der Waals surface area contributed by atoms with Crippen LogP contribution in [0.25, 0.3) is 0 Å². The Morgan fingerprint density at radius 1 is 1.07 bits per heavy atom. The van der Waals surface area contributed by atoms with Crippen LogP contribution < -0.4 is 20.8 Å². The van der Waals surface area contributed by atoms with Crippen molar-refractivity contribution in [3.05, 3.63) is 87.4 Å². The number of amides is 3. The Balaban J connectivity index is 1.71. The van der Waals surface area contributed by atoms with Crippen LogP contribution >= 0.6 is 23.2 Å².